The van der Waals surface area contributed by atoms with E-state index in [1.807, 2.05) is 6.07 Å². The van der Waals surface area contributed by atoms with Crippen LogP contribution < -0.4 is 0 Å². The first-order valence-electron chi connectivity index (χ1n) is 8.59. The number of aromatic amines is 1. The number of sulfone groups is 1. The van der Waals surface area contributed by atoms with Gasteiger partial charge in [0.2, 0.25) is 0 Å². The lowest BCUT2D eigenvalue weighted by Gasteiger charge is -2.06. The Morgan fingerprint density at radius 2 is 1.97 bits per heavy atom. The maximum atomic E-state index is 11.7. The fourth-order valence-electron chi connectivity index (χ4n) is 2.75. The lowest BCUT2D eigenvalue weighted by atomic mass is 9.99. The summed E-state index contributed by atoms with van der Waals surface area (Å²) in [5, 5.41) is 16.7. The Balaban J connectivity index is 1.99. The zero-order valence-corrected chi connectivity index (χ0v) is 16.3. The van der Waals surface area contributed by atoms with E-state index in [0.29, 0.717) is 17.8 Å². The van der Waals surface area contributed by atoms with E-state index in [4.69, 9.17) is 0 Å². The van der Waals surface area contributed by atoms with Gasteiger partial charge in [0.1, 0.15) is 5.69 Å². The minimum atomic E-state index is -3.30. The molecule has 0 aliphatic rings. The lowest BCUT2D eigenvalue weighted by molar-refractivity contribution is -0.757. The van der Waals surface area contributed by atoms with Crippen LogP contribution in [0.4, 0.5) is 0 Å². The van der Waals surface area contributed by atoms with Crippen LogP contribution in [-0.4, -0.2) is 41.5 Å². The van der Waals surface area contributed by atoms with Gasteiger partial charge in [-0.05, 0) is 42.3 Å². The summed E-state index contributed by atoms with van der Waals surface area (Å²) in [5.41, 5.74) is 3.67. The van der Waals surface area contributed by atoms with Crippen molar-refractivity contribution in [3.8, 4) is 22.4 Å². The van der Waals surface area contributed by atoms with Crippen molar-refractivity contribution in [3.63, 3.8) is 0 Å². The normalized spacial score (nSPS) is 11.6. The van der Waals surface area contributed by atoms with Crippen molar-refractivity contribution in [2.45, 2.75) is 11.3 Å². The van der Waals surface area contributed by atoms with Crippen LogP contribution in [0.25, 0.3) is 28.5 Å². The standard InChI is InChI=1S/C19H18N4O5S/c1-29(26,27)16-9-7-14(8-10-16)18-17(6-2-3-12-28-23(24)25)21-22-19(18)15-5-4-11-20-13-15/h2,4-11,13H,3,12H2,1H3,(H,21,22). The van der Waals surface area contributed by atoms with Crippen molar-refractivity contribution in [2.24, 2.45) is 0 Å². The van der Waals surface area contributed by atoms with Crippen LogP contribution in [0.1, 0.15) is 12.1 Å². The van der Waals surface area contributed by atoms with Crippen LogP contribution in [0.3, 0.4) is 0 Å². The molecule has 29 heavy (non-hydrogen) atoms. The van der Waals surface area contributed by atoms with Gasteiger partial charge in [-0.2, -0.15) is 5.10 Å². The van der Waals surface area contributed by atoms with E-state index >= 15 is 0 Å². The van der Waals surface area contributed by atoms with E-state index in [1.165, 1.54) is 0 Å². The van der Waals surface area contributed by atoms with Gasteiger partial charge in [0, 0.05) is 29.8 Å². The number of rotatable bonds is 8. The predicted octanol–water partition coefficient (Wildman–Crippen LogP) is 3.15. The first kappa shape index (κ1) is 20.2. The minimum absolute atomic E-state index is 0.0501. The van der Waals surface area contributed by atoms with Gasteiger partial charge in [-0.25, -0.2) is 8.42 Å². The molecule has 2 heterocycles. The quantitative estimate of drug-likeness (QED) is 0.340. The lowest BCUT2D eigenvalue weighted by Crippen LogP contribution is -2.00. The Labute approximate surface area is 167 Å². The van der Waals surface area contributed by atoms with Crippen LogP contribution in [0.5, 0.6) is 0 Å². The van der Waals surface area contributed by atoms with Crippen LogP contribution in [0.2, 0.25) is 0 Å². The second-order valence-corrected chi connectivity index (χ2v) is 8.16. The second-order valence-electron chi connectivity index (χ2n) is 6.15. The molecule has 0 radical (unpaired) electrons. The van der Waals surface area contributed by atoms with E-state index in [-0.39, 0.29) is 11.5 Å². The third-order valence-electron chi connectivity index (χ3n) is 4.07. The third-order valence-corrected chi connectivity index (χ3v) is 5.19. The number of pyridine rings is 1. The topological polar surface area (TPSA) is 128 Å². The Morgan fingerprint density at radius 1 is 1.21 bits per heavy atom. The van der Waals surface area contributed by atoms with E-state index in [0.717, 1.165) is 22.9 Å². The molecule has 0 fully saturated rings. The Kier molecular flexibility index (Phi) is 6.03. The zero-order chi connectivity index (χ0) is 20.9. The monoisotopic (exact) mass is 414 g/mol. The van der Waals surface area contributed by atoms with Crippen molar-refractivity contribution in [3.05, 3.63) is 70.7 Å². The summed E-state index contributed by atoms with van der Waals surface area (Å²) in [4.78, 5) is 18.9. The molecule has 150 valence electrons. The van der Waals surface area contributed by atoms with Crippen LogP contribution >= 0.6 is 0 Å². The molecule has 0 amide bonds. The van der Waals surface area contributed by atoms with Gasteiger partial charge in [-0.1, -0.05) is 18.2 Å². The summed E-state index contributed by atoms with van der Waals surface area (Å²) in [6.07, 6.45) is 8.33. The molecule has 1 N–H and O–H groups in total. The fourth-order valence-corrected chi connectivity index (χ4v) is 3.38. The molecule has 0 aliphatic carbocycles. The average Bonchev–Trinajstić information content (AvgIpc) is 3.11. The maximum absolute atomic E-state index is 11.7. The first-order valence-corrected chi connectivity index (χ1v) is 10.5. The second kappa shape index (κ2) is 8.65. The molecule has 0 unspecified atom stereocenters. The number of hydrogen-bond acceptors (Lipinski definition) is 7. The highest BCUT2D eigenvalue weighted by atomic mass is 32.2. The number of benzene rings is 1. The van der Waals surface area contributed by atoms with E-state index in [2.05, 4.69) is 20.0 Å². The molecule has 0 atom stereocenters. The Morgan fingerprint density at radius 3 is 2.59 bits per heavy atom. The van der Waals surface area contributed by atoms with Crippen LogP contribution in [0, 0.1) is 10.1 Å². The molecule has 0 saturated carbocycles. The molecule has 10 heteroatoms. The Hall–Kier alpha value is -3.53. The number of hydrogen-bond donors (Lipinski definition) is 1. The molecule has 2 aromatic heterocycles. The highest BCUT2D eigenvalue weighted by Gasteiger charge is 2.16. The van der Waals surface area contributed by atoms with Crippen LogP contribution in [-0.2, 0) is 14.7 Å². The number of nitrogens with zero attached hydrogens (tertiary/aromatic N) is 3. The molecule has 0 saturated heterocycles. The minimum Gasteiger partial charge on any atom is -0.314 e. The third kappa shape index (κ3) is 5.05. The number of nitrogens with one attached hydrogen (secondary N) is 1. The summed E-state index contributed by atoms with van der Waals surface area (Å²) in [6.45, 7) is -0.0501. The van der Waals surface area contributed by atoms with Crippen molar-refractivity contribution in [1.29, 1.82) is 0 Å². The molecule has 1 aromatic carbocycles. The van der Waals surface area contributed by atoms with Gasteiger partial charge in [-0.15, -0.1) is 10.1 Å². The summed E-state index contributed by atoms with van der Waals surface area (Å²) >= 11 is 0. The summed E-state index contributed by atoms with van der Waals surface area (Å²) in [7, 11) is -3.30. The van der Waals surface area contributed by atoms with Gasteiger partial charge in [0.15, 0.2) is 9.84 Å². The van der Waals surface area contributed by atoms with Crippen LogP contribution in [0.15, 0.2) is 59.8 Å². The Bertz CT molecular complexity index is 1120. The van der Waals surface area contributed by atoms with Gasteiger partial charge in [0.25, 0.3) is 5.09 Å². The zero-order valence-electron chi connectivity index (χ0n) is 15.5. The summed E-state index contributed by atoms with van der Waals surface area (Å²) in [6, 6.07) is 10.2. The number of H-pyrrole nitrogens is 1. The molecule has 0 spiro atoms. The molecule has 9 nitrogen and oxygen atoms in total. The van der Waals surface area contributed by atoms with E-state index in [1.54, 1.807) is 54.9 Å². The summed E-state index contributed by atoms with van der Waals surface area (Å²) in [5.74, 6) is 0. The first-order chi connectivity index (χ1) is 13.9. The van der Waals surface area contributed by atoms with Gasteiger partial charge in [0.05, 0.1) is 17.2 Å². The SMILES string of the molecule is CS(=O)(=O)c1ccc(-c2c(-c3cccnc3)n[nH]c2C=CCCO[N+](=O)[O-])cc1. The van der Waals surface area contributed by atoms with Gasteiger partial charge < -0.3 is 4.84 Å². The molecular formula is C19H18N4O5S. The fraction of sp³-hybridized carbons (Fsp3) is 0.158. The summed E-state index contributed by atoms with van der Waals surface area (Å²) < 4.78 is 23.5. The largest absolute Gasteiger partial charge is 0.314 e. The molecule has 0 bridgehead atoms. The van der Waals surface area contributed by atoms with E-state index < -0.39 is 14.9 Å². The van der Waals surface area contributed by atoms with Gasteiger partial charge >= 0.3 is 0 Å². The van der Waals surface area contributed by atoms with Crippen molar-refractivity contribution < 1.29 is 18.3 Å². The molecule has 3 aromatic rings. The van der Waals surface area contributed by atoms with E-state index in [9.17, 15) is 18.5 Å². The highest BCUT2D eigenvalue weighted by molar-refractivity contribution is 7.90. The molecule has 3 rings (SSSR count). The molecular weight excluding hydrogens is 396 g/mol. The van der Waals surface area contributed by atoms with Crippen molar-refractivity contribution in [1.82, 2.24) is 15.2 Å². The molecule has 0 aliphatic heterocycles. The predicted molar refractivity (Wildman–Crippen MR) is 107 cm³/mol. The van der Waals surface area contributed by atoms with Crippen molar-refractivity contribution >= 4 is 15.9 Å². The maximum Gasteiger partial charge on any atom is 0.294 e. The smallest absolute Gasteiger partial charge is 0.294 e. The van der Waals surface area contributed by atoms with Gasteiger partial charge in [-0.3, -0.25) is 10.1 Å². The van der Waals surface area contributed by atoms with Crippen molar-refractivity contribution in [2.75, 3.05) is 12.9 Å². The average molecular weight is 414 g/mol. The number of aromatic nitrogens is 3. The highest BCUT2D eigenvalue weighted by Crippen LogP contribution is 2.34.